The lowest BCUT2D eigenvalue weighted by atomic mass is 10.1. The molecule has 33 heavy (non-hydrogen) atoms. The SMILES string of the molecule is CCOc1ccccc1NC(=O)C(Sc1nc2ccccc2c(=O)n1CC)c1ccccc1. The molecule has 6 nitrogen and oxygen atoms in total. The van der Waals surface area contributed by atoms with Crippen molar-refractivity contribution in [2.75, 3.05) is 11.9 Å². The van der Waals surface area contributed by atoms with Crippen LogP contribution in [-0.4, -0.2) is 22.1 Å². The number of nitrogens with one attached hydrogen (secondary N) is 1. The fourth-order valence-corrected chi connectivity index (χ4v) is 4.73. The predicted molar refractivity (Wildman–Crippen MR) is 133 cm³/mol. The van der Waals surface area contributed by atoms with Crippen LogP contribution in [0.2, 0.25) is 0 Å². The number of carbonyl (C=O) groups is 1. The second kappa shape index (κ2) is 10.4. The summed E-state index contributed by atoms with van der Waals surface area (Å²) in [4.78, 5) is 31.3. The number of thioether (sulfide) groups is 1. The van der Waals surface area contributed by atoms with E-state index in [1.165, 1.54) is 11.8 Å². The Morgan fingerprint density at radius 1 is 1.00 bits per heavy atom. The van der Waals surface area contributed by atoms with Crippen molar-refractivity contribution in [1.82, 2.24) is 9.55 Å². The molecule has 4 rings (SSSR count). The fraction of sp³-hybridized carbons (Fsp3) is 0.192. The molecule has 0 spiro atoms. The van der Waals surface area contributed by atoms with E-state index in [1.54, 1.807) is 10.6 Å². The van der Waals surface area contributed by atoms with Gasteiger partial charge in [-0.15, -0.1) is 0 Å². The van der Waals surface area contributed by atoms with Gasteiger partial charge in [0, 0.05) is 6.54 Å². The Morgan fingerprint density at radius 3 is 2.45 bits per heavy atom. The average Bonchev–Trinajstić information content (AvgIpc) is 2.84. The molecule has 1 atom stereocenters. The zero-order valence-corrected chi connectivity index (χ0v) is 19.3. The topological polar surface area (TPSA) is 73.2 Å². The number of rotatable bonds is 8. The van der Waals surface area contributed by atoms with E-state index in [-0.39, 0.29) is 11.5 Å². The van der Waals surface area contributed by atoms with Gasteiger partial charge in [-0.1, -0.05) is 66.4 Å². The van der Waals surface area contributed by atoms with Gasteiger partial charge in [0.2, 0.25) is 5.91 Å². The molecule has 0 aliphatic heterocycles. The second-order valence-corrected chi connectivity index (χ2v) is 8.36. The summed E-state index contributed by atoms with van der Waals surface area (Å²) in [6, 6.07) is 24.1. The smallest absolute Gasteiger partial charge is 0.262 e. The number of ether oxygens (including phenoxy) is 1. The number of para-hydroxylation sites is 3. The molecule has 0 fully saturated rings. The summed E-state index contributed by atoms with van der Waals surface area (Å²) in [7, 11) is 0. The first kappa shape index (κ1) is 22.6. The quantitative estimate of drug-likeness (QED) is 0.286. The Hall–Kier alpha value is -3.58. The highest BCUT2D eigenvalue weighted by Gasteiger charge is 2.26. The Labute approximate surface area is 196 Å². The number of anilines is 1. The van der Waals surface area contributed by atoms with E-state index in [0.717, 1.165) is 5.56 Å². The number of aromatic nitrogens is 2. The summed E-state index contributed by atoms with van der Waals surface area (Å²) in [6.07, 6.45) is 0. The van der Waals surface area contributed by atoms with Crippen LogP contribution in [0, 0.1) is 0 Å². The largest absolute Gasteiger partial charge is 0.492 e. The molecule has 1 heterocycles. The molecule has 0 aliphatic rings. The van der Waals surface area contributed by atoms with Gasteiger partial charge < -0.3 is 10.1 Å². The number of benzene rings is 3. The van der Waals surface area contributed by atoms with Crippen molar-refractivity contribution in [2.24, 2.45) is 0 Å². The van der Waals surface area contributed by atoms with Crippen molar-refractivity contribution in [3.05, 3.63) is 94.8 Å². The maximum absolute atomic E-state index is 13.5. The monoisotopic (exact) mass is 459 g/mol. The fourth-order valence-electron chi connectivity index (χ4n) is 3.57. The third kappa shape index (κ3) is 4.93. The molecular weight excluding hydrogens is 434 g/mol. The Morgan fingerprint density at radius 2 is 1.70 bits per heavy atom. The van der Waals surface area contributed by atoms with E-state index in [4.69, 9.17) is 9.72 Å². The Kier molecular flexibility index (Phi) is 7.10. The van der Waals surface area contributed by atoms with Crippen LogP contribution in [0.25, 0.3) is 10.9 Å². The van der Waals surface area contributed by atoms with Gasteiger partial charge in [0.15, 0.2) is 5.16 Å². The van der Waals surface area contributed by atoms with Crippen molar-refractivity contribution < 1.29 is 9.53 Å². The number of nitrogens with zero attached hydrogens (tertiary/aromatic N) is 2. The third-order valence-electron chi connectivity index (χ3n) is 5.15. The number of hydrogen-bond donors (Lipinski definition) is 1. The lowest BCUT2D eigenvalue weighted by molar-refractivity contribution is -0.115. The minimum absolute atomic E-state index is 0.112. The lowest BCUT2D eigenvalue weighted by Crippen LogP contribution is -2.25. The third-order valence-corrected chi connectivity index (χ3v) is 6.40. The summed E-state index contributed by atoms with van der Waals surface area (Å²) in [5.74, 6) is 0.392. The van der Waals surface area contributed by atoms with Gasteiger partial charge >= 0.3 is 0 Å². The first-order chi connectivity index (χ1) is 16.1. The zero-order chi connectivity index (χ0) is 23.2. The van der Waals surface area contributed by atoms with Crippen molar-refractivity contribution in [3.63, 3.8) is 0 Å². The summed E-state index contributed by atoms with van der Waals surface area (Å²) < 4.78 is 7.28. The van der Waals surface area contributed by atoms with Gasteiger partial charge in [-0.2, -0.15) is 0 Å². The molecule has 0 saturated carbocycles. The molecule has 0 radical (unpaired) electrons. The van der Waals surface area contributed by atoms with Gasteiger partial charge in [-0.05, 0) is 43.7 Å². The van der Waals surface area contributed by atoms with Crippen LogP contribution in [-0.2, 0) is 11.3 Å². The van der Waals surface area contributed by atoms with E-state index in [9.17, 15) is 9.59 Å². The van der Waals surface area contributed by atoms with Crippen molar-refractivity contribution >= 4 is 34.3 Å². The maximum Gasteiger partial charge on any atom is 0.262 e. The van der Waals surface area contributed by atoms with Crippen LogP contribution in [0.3, 0.4) is 0 Å². The standard InChI is InChI=1S/C26H25N3O3S/c1-3-29-25(31)19-14-8-9-15-20(19)28-26(29)33-23(18-12-6-5-7-13-18)24(30)27-21-16-10-11-17-22(21)32-4-2/h5-17,23H,3-4H2,1-2H3,(H,27,30). The maximum atomic E-state index is 13.5. The van der Waals surface area contributed by atoms with E-state index in [0.29, 0.717) is 40.6 Å². The summed E-state index contributed by atoms with van der Waals surface area (Å²) >= 11 is 1.27. The predicted octanol–water partition coefficient (Wildman–Crippen LogP) is 5.29. The number of fused-ring (bicyclic) bond motifs is 1. The number of carbonyl (C=O) groups excluding carboxylic acids is 1. The number of hydrogen-bond acceptors (Lipinski definition) is 5. The highest BCUT2D eigenvalue weighted by Crippen LogP contribution is 2.36. The highest BCUT2D eigenvalue weighted by atomic mass is 32.2. The van der Waals surface area contributed by atoms with Crippen LogP contribution in [0.15, 0.2) is 88.8 Å². The molecule has 0 aliphatic carbocycles. The van der Waals surface area contributed by atoms with Gasteiger partial charge in [0.05, 0.1) is 23.2 Å². The molecule has 0 saturated heterocycles. The zero-order valence-electron chi connectivity index (χ0n) is 18.5. The summed E-state index contributed by atoms with van der Waals surface area (Å²) in [6.45, 7) is 4.75. The van der Waals surface area contributed by atoms with Crippen molar-refractivity contribution in [2.45, 2.75) is 30.8 Å². The van der Waals surface area contributed by atoms with Gasteiger partial charge in [-0.3, -0.25) is 14.2 Å². The van der Waals surface area contributed by atoms with Crippen LogP contribution in [0.5, 0.6) is 5.75 Å². The molecular formula is C26H25N3O3S. The lowest BCUT2D eigenvalue weighted by Gasteiger charge is -2.20. The van der Waals surface area contributed by atoms with Gasteiger partial charge in [-0.25, -0.2) is 4.98 Å². The summed E-state index contributed by atoms with van der Waals surface area (Å²) in [5, 5.41) is 3.45. The average molecular weight is 460 g/mol. The molecule has 4 aromatic rings. The molecule has 168 valence electrons. The molecule has 1 N–H and O–H groups in total. The Bertz CT molecular complexity index is 1320. The van der Waals surface area contributed by atoms with Crippen molar-refractivity contribution in [1.29, 1.82) is 0 Å². The first-order valence-corrected chi connectivity index (χ1v) is 11.7. The minimum Gasteiger partial charge on any atom is -0.492 e. The van der Waals surface area contributed by atoms with Gasteiger partial charge in [0.1, 0.15) is 11.0 Å². The minimum atomic E-state index is -0.619. The first-order valence-electron chi connectivity index (χ1n) is 10.9. The molecule has 3 aromatic carbocycles. The Balaban J connectivity index is 1.74. The van der Waals surface area contributed by atoms with Crippen molar-refractivity contribution in [3.8, 4) is 5.75 Å². The van der Waals surface area contributed by atoms with Crippen LogP contribution in [0.4, 0.5) is 5.69 Å². The second-order valence-electron chi connectivity index (χ2n) is 7.29. The summed E-state index contributed by atoms with van der Waals surface area (Å²) in [5.41, 5.74) is 1.92. The molecule has 1 amide bonds. The van der Waals surface area contributed by atoms with Crippen LogP contribution in [0.1, 0.15) is 24.7 Å². The molecule has 0 bridgehead atoms. The highest BCUT2D eigenvalue weighted by molar-refractivity contribution is 8.00. The normalized spacial score (nSPS) is 11.8. The van der Waals surface area contributed by atoms with E-state index >= 15 is 0 Å². The van der Waals surface area contributed by atoms with E-state index in [1.807, 2.05) is 86.6 Å². The van der Waals surface area contributed by atoms with Crippen LogP contribution >= 0.6 is 11.8 Å². The number of amides is 1. The van der Waals surface area contributed by atoms with E-state index < -0.39 is 5.25 Å². The van der Waals surface area contributed by atoms with Gasteiger partial charge in [0.25, 0.3) is 5.56 Å². The van der Waals surface area contributed by atoms with E-state index in [2.05, 4.69) is 5.32 Å². The molecule has 1 aromatic heterocycles. The van der Waals surface area contributed by atoms with Crippen LogP contribution < -0.4 is 15.6 Å². The molecule has 1 unspecified atom stereocenters. The molecule has 7 heteroatoms.